The smallest absolute Gasteiger partial charge is 0.414 e. The fourth-order valence-corrected chi connectivity index (χ4v) is 5.24. The van der Waals surface area contributed by atoms with Gasteiger partial charge in [0.1, 0.15) is 24.5 Å². The topological polar surface area (TPSA) is 105 Å². The van der Waals surface area contributed by atoms with Crippen molar-refractivity contribution in [1.29, 1.82) is 0 Å². The van der Waals surface area contributed by atoms with Crippen molar-refractivity contribution in [3.05, 3.63) is 59.5 Å². The van der Waals surface area contributed by atoms with E-state index in [2.05, 4.69) is 51.1 Å². The predicted octanol–water partition coefficient (Wildman–Crippen LogP) is 4.65. The van der Waals surface area contributed by atoms with Crippen LogP contribution in [0.1, 0.15) is 37.1 Å². The van der Waals surface area contributed by atoms with E-state index in [1.54, 1.807) is 6.33 Å². The van der Waals surface area contributed by atoms with Gasteiger partial charge in [-0.15, -0.1) is 0 Å². The molecule has 9 heteroatoms. The molecular formula is C28H30N6O3. The normalized spacial score (nSPS) is 16.4. The number of carbonyl (C=O) groups excluding carboxylic acids is 1. The monoisotopic (exact) mass is 498 g/mol. The van der Waals surface area contributed by atoms with Gasteiger partial charge in [-0.1, -0.05) is 26.0 Å². The summed E-state index contributed by atoms with van der Waals surface area (Å²) < 4.78 is 11.3. The van der Waals surface area contributed by atoms with Crippen molar-refractivity contribution in [1.82, 2.24) is 25.3 Å². The van der Waals surface area contributed by atoms with Crippen molar-refractivity contribution < 1.29 is 14.3 Å². The molecule has 2 N–H and O–H groups in total. The minimum absolute atomic E-state index is 0.161. The molecule has 6 rings (SSSR count). The van der Waals surface area contributed by atoms with Crippen molar-refractivity contribution in [3.63, 3.8) is 0 Å². The van der Waals surface area contributed by atoms with E-state index in [-0.39, 0.29) is 11.4 Å². The first-order valence-corrected chi connectivity index (χ1v) is 12.6. The average molecular weight is 499 g/mol. The highest BCUT2D eigenvalue weighted by Crippen LogP contribution is 2.39. The van der Waals surface area contributed by atoms with Gasteiger partial charge in [-0.3, -0.25) is 0 Å². The highest BCUT2D eigenvalue weighted by molar-refractivity contribution is 5.83. The van der Waals surface area contributed by atoms with Crippen LogP contribution in [0.25, 0.3) is 22.2 Å². The largest absolute Gasteiger partial charge is 0.491 e. The van der Waals surface area contributed by atoms with Crippen molar-refractivity contribution in [2.45, 2.75) is 39.7 Å². The van der Waals surface area contributed by atoms with Gasteiger partial charge in [0.05, 0.1) is 17.6 Å². The Balaban J connectivity index is 1.31. The molecule has 0 fully saturated rings. The van der Waals surface area contributed by atoms with Crippen LogP contribution in [0.5, 0.6) is 11.8 Å². The zero-order valence-corrected chi connectivity index (χ0v) is 21.3. The maximum Gasteiger partial charge on any atom is 0.414 e. The fourth-order valence-electron chi connectivity index (χ4n) is 5.24. The summed E-state index contributed by atoms with van der Waals surface area (Å²) in [6.45, 7) is 6.72. The number of aryl methyl sites for hydroxylation is 1. The highest BCUT2D eigenvalue weighted by Gasteiger charge is 2.30. The van der Waals surface area contributed by atoms with Crippen LogP contribution in [-0.4, -0.2) is 46.2 Å². The lowest BCUT2D eigenvalue weighted by atomic mass is 9.76. The Morgan fingerprint density at radius 2 is 2.00 bits per heavy atom. The summed E-state index contributed by atoms with van der Waals surface area (Å²) in [5.41, 5.74) is 7.43. The summed E-state index contributed by atoms with van der Waals surface area (Å²) in [5.74, 6) is 1.93. The second kappa shape index (κ2) is 9.06. The molecule has 1 aliphatic heterocycles. The Morgan fingerprint density at radius 1 is 1.16 bits per heavy atom. The lowest BCUT2D eigenvalue weighted by Crippen LogP contribution is -2.31. The van der Waals surface area contributed by atoms with Gasteiger partial charge < -0.3 is 24.7 Å². The van der Waals surface area contributed by atoms with Crippen LogP contribution in [0.4, 0.5) is 10.6 Å². The summed E-state index contributed by atoms with van der Waals surface area (Å²) in [4.78, 5) is 30.6. The fraction of sp³-hybridized carbons (Fsp3) is 0.357. The molecule has 190 valence electrons. The maximum absolute atomic E-state index is 11.5. The number of fused-ring (bicyclic) bond motifs is 3. The second-order valence-corrected chi connectivity index (χ2v) is 10.5. The number of imidazole rings is 1. The summed E-state index contributed by atoms with van der Waals surface area (Å²) >= 11 is 0. The number of nitrogens with zero attached hydrogens (tertiary/aromatic N) is 4. The minimum atomic E-state index is -0.567. The number of hydrogen-bond donors (Lipinski definition) is 2. The number of benzene rings is 2. The number of ether oxygens (including phenoxy) is 2. The summed E-state index contributed by atoms with van der Waals surface area (Å²) in [6, 6.07) is 12.4. The average Bonchev–Trinajstić information content (AvgIpc) is 3.16. The Morgan fingerprint density at radius 3 is 2.86 bits per heavy atom. The quantitative estimate of drug-likeness (QED) is 0.424. The van der Waals surface area contributed by atoms with E-state index in [4.69, 9.17) is 14.5 Å². The third-order valence-corrected chi connectivity index (χ3v) is 7.23. The van der Waals surface area contributed by atoms with Gasteiger partial charge in [0.15, 0.2) is 0 Å². The van der Waals surface area contributed by atoms with Crippen molar-refractivity contribution in [2.24, 2.45) is 5.41 Å². The zero-order valence-electron chi connectivity index (χ0n) is 21.3. The Hall–Kier alpha value is -4.14. The maximum atomic E-state index is 11.5. The number of rotatable bonds is 3. The molecule has 0 saturated heterocycles. The lowest BCUT2D eigenvalue weighted by Gasteiger charge is -2.33. The van der Waals surface area contributed by atoms with Crippen molar-refractivity contribution in [2.75, 3.05) is 25.1 Å². The van der Waals surface area contributed by atoms with E-state index >= 15 is 0 Å². The lowest BCUT2D eigenvalue weighted by molar-refractivity contribution is 0.199. The van der Waals surface area contributed by atoms with Crippen LogP contribution < -0.4 is 19.7 Å². The molecule has 37 heavy (non-hydrogen) atoms. The number of aromatic nitrogens is 4. The van der Waals surface area contributed by atoms with Crippen LogP contribution >= 0.6 is 0 Å². The SMILES string of the molecule is CNC(=O)Oc1nc2ccc(-c3ccc4c(c3)CN(c3ncnc5c3CC(C)(C)CC5)CCO4)cc2[nH]1. The molecule has 4 aromatic rings. The third-order valence-electron chi connectivity index (χ3n) is 7.23. The molecular weight excluding hydrogens is 468 g/mol. The molecule has 2 aliphatic rings. The number of H-pyrrole nitrogens is 1. The molecule has 9 nitrogen and oxygen atoms in total. The molecule has 2 aromatic heterocycles. The number of nitrogens with one attached hydrogen (secondary N) is 2. The number of carbonyl (C=O) groups is 1. The molecule has 3 heterocycles. The highest BCUT2D eigenvalue weighted by atomic mass is 16.6. The predicted molar refractivity (Wildman–Crippen MR) is 141 cm³/mol. The van der Waals surface area contributed by atoms with Crippen LogP contribution in [0.15, 0.2) is 42.7 Å². The summed E-state index contributed by atoms with van der Waals surface area (Å²) in [7, 11) is 1.51. The Bertz CT molecular complexity index is 1490. The van der Waals surface area contributed by atoms with Gasteiger partial charge in [0.25, 0.3) is 0 Å². The van der Waals surface area contributed by atoms with E-state index < -0.39 is 6.09 Å². The van der Waals surface area contributed by atoms with E-state index in [9.17, 15) is 4.79 Å². The molecule has 1 aliphatic carbocycles. The van der Waals surface area contributed by atoms with Gasteiger partial charge in [-0.25, -0.2) is 14.8 Å². The van der Waals surface area contributed by atoms with Gasteiger partial charge in [-0.05, 0) is 60.1 Å². The van der Waals surface area contributed by atoms with E-state index in [0.717, 1.165) is 65.1 Å². The first-order chi connectivity index (χ1) is 17.9. The van der Waals surface area contributed by atoms with Gasteiger partial charge >= 0.3 is 12.1 Å². The van der Waals surface area contributed by atoms with Crippen LogP contribution in [0.2, 0.25) is 0 Å². The first-order valence-electron chi connectivity index (χ1n) is 12.6. The number of anilines is 1. The molecule has 0 radical (unpaired) electrons. The van der Waals surface area contributed by atoms with Crippen LogP contribution in [0, 0.1) is 5.41 Å². The molecule has 0 unspecified atom stereocenters. The molecule has 0 bridgehead atoms. The Kier molecular flexibility index (Phi) is 5.70. The van der Waals surface area contributed by atoms with E-state index in [0.29, 0.717) is 13.2 Å². The van der Waals surface area contributed by atoms with Gasteiger partial charge in [0, 0.05) is 30.4 Å². The first kappa shape index (κ1) is 23.3. The summed E-state index contributed by atoms with van der Waals surface area (Å²) in [6.07, 6.45) is 4.26. The number of hydrogen-bond acceptors (Lipinski definition) is 7. The van der Waals surface area contributed by atoms with E-state index in [1.807, 2.05) is 24.3 Å². The van der Waals surface area contributed by atoms with E-state index in [1.165, 1.54) is 18.3 Å². The van der Waals surface area contributed by atoms with Crippen LogP contribution in [0.3, 0.4) is 0 Å². The second-order valence-electron chi connectivity index (χ2n) is 10.5. The zero-order chi connectivity index (χ0) is 25.6. The molecule has 2 aromatic carbocycles. The minimum Gasteiger partial charge on any atom is -0.491 e. The number of amides is 1. The standard InChI is InChI=1S/C28H30N6O3/c1-28(2)9-8-21-20(14-28)25(31-16-30-21)34-10-11-36-24-7-5-17(12-19(24)15-34)18-4-6-22-23(13-18)33-26(32-22)37-27(35)29-3/h4-7,12-13,16H,8-11,14-15H2,1-3H3,(H,29,35)(H,32,33). The third kappa shape index (κ3) is 4.57. The molecule has 0 saturated carbocycles. The van der Waals surface area contributed by atoms with Crippen LogP contribution in [-0.2, 0) is 19.4 Å². The summed E-state index contributed by atoms with van der Waals surface area (Å²) in [5, 5.41) is 2.42. The molecule has 1 amide bonds. The molecule has 0 atom stereocenters. The Labute approximate surface area is 215 Å². The van der Waals surface area contributed by atoms with Crippen molar-refractivity contribution in [3.8, 4) is 22.9 Å². The molecule has 0 spiro atoms. The van der Waals surface area contributed by atoms with Gasteiger partial charge in [-0.2, -0.15) is 4.98 Å². The van der Waals surface area contributed by atoms with Gasteiger partial charge in [0.2, 0.25) is 0 Å². The number of aromatic amines is 1. The van der Waals surface area contributed by atoms with Crippen molar-refractivity contribution >= 4 is 22.9 Å².